The molecule has 1 N–H and O–H groups in total. The van der Waals surface area contributed by atoms with Gasteiger partial charge in [0, 0.05) is 12.3 Å². The average molecular weight is 224 g/mol. The van der Waals surface area contributed by atoms with Crippen molar-refractivity contribution in [1.29, 1.82) is 0 Å². The highest BCUT2D eigenvalue weighted by atomic mass is 79.9. The number of hydrogen-bond donors (Lipinski definition) is 1. The Morgan fingerprint density at radius 1 is 1.55 bits per heavy atom. The second kappa shape index (κ2) is 3.13. The smallest absolute Gasteiger partial charge is 0.279 e. The summed E-state index contributed by atoms with van der Waals surface area (Å²) in [6.07, 6.45) is -1.47. The molecule has 0 atom stereocenters. The maximum absolute atomic E-state index is 12.0. The normalized spacial score (nSPS) is 10.5. The lowest BCUT2D eigenvalue weighted by molar-refractivity contribution is 0.145. The zero-order valence-electron chi connectivity index (χ0n) is 5.27. The van der Waals surface area contributed by atoms with E-state index in [0.29, 0.717) is 0 Å². The lowest BCUT2D eigenvalue weighted by Gasteiger charge is -1.99. The fraction of sp³-hybridized carbons (Fsp3) is 0.167. The maximum atomic E-state index is 12.0. The van der Waals surface area contributed by atoms with E-state index in [1.807, 2.05) is 0 Å². The number of alkyl halides is 2. The van der Waals surface area contributed by atoms with Crippen molar-refractivity contribution in [2.24, 2.45) is 0 Å². The summed E-state index contributed by atoms with van der Waals surface area (Å²) < 4.78 is 23.9. The lowest BCUT2D eigenvalue weighted by Crippen LogP contribution is -2.05. The number of nitrogens with one attached hydrogen (secondary N) is 1. The van der Waals surface area contributed by atoms with Gasteiger partial charge in [-0.15, -0.1) is 0 Å². The van der Waals surface area contributed by atoms with Crippen molar-refractivity contribution in [2.45, 2.75) is 6.43 Å². The van der Waals surface area contributed by atoms with E-state index in [0.717, 1.165) is 0 Å². The summed E-state index contributed by atoms with van der Waals surface area (Å²) in [6.45, 7) is 0. The molecular formula is C6H4BrF2NO. The lowest BCUT2D eigenvalue weighted by atomic mass is 10.3. The summed E-state index contributed by atoms with van der Waals surface area (Å²) in [5.74, 6) is 0. The molecule has 0 aliphatic carbocycles. The Hall–Kier alpha value is -0.710. The molecule has 1 heterocycles. The third-order valence-electron chi connectivity index (χ3n) is 1.14. The molecule has 0 aromatic carbocycles. The molecule has 0 aliphatic heterocycles. The summed E-state index contributed by atoms with van der Waals surface area (Å²) >= 11 is 2.76. The van der Waals surface area contributed by atoms with Gasteiger partial charge in [0.2, 0.25) is 0 Å². The van der Waals surface area contributed by atoms with Crippen molar-refractivity contribution in [3.63, 3.8) is 0 Å². The third-order valence-corrected chi connectivity index (χ3v) is 1.96. The number of aromatic nitrogens is 1. The van der Waals surface area contributed by atoms with E-state index in [2.05, 4.69) is 20.9 Å². The number of hydrogen-bond acceptors (Lipinski definition) is 1. The van der Waals surface area contributed by atoms with Gasteiger partial charge in [0.25, 0.3) is 6.43 Å². The van der Waals surface area contributed by atoms with Crippen LogP contribution in [0.4, 0.5) is 8.78 Å². The van der Waals surface area contributed by atoms with Crippen LogP contribution in [0.15, 0.2) is 21.5 Å². The van der Waals surface area contributed by atoms with Crippen molar-refractivity contribution in [3.8, 4) is 0 Å². The van der Waals surface area contributed by atoms with E-state index in [9.17, 15) is 13.6 Å². The standard InChI is InChI=1S/C6H4BrF2NO/c7-4-3(11)1-2-10-5(4)6(8)9/h1-2,6H,(H,10,11). The summed E-state index contributed by atoms with van der Waals surface area (Å²) in [5, 5.41) is 0. The van der Waals surface area contributed by atoms with E-state index in [4.69, 9.17) is 0 Å². The van der Waals surface area contributed by atoms with Gasteiger partial charge in [0.1, 0.15) is 5.69 Å². The SMILES string of the molecule is O=c1cc[nH]c(C(F)F)c1Br. The van der Waals surface area contributed by atoms with Gasteiger partial charge < -0.3 is 4.98 Å². The molecule has 0 radical (unpaired) electrons. The van der Waals surface area contributed by atoms with Crippen LogP contribution in [0.25, 0.3) is 0 Å². The Kier molecular flexibility index (Phi) is 2.38. The van der Waals surface area contributed by atoms with Crippen molar-refractivity contribution in [2.75, 3.05) is 0 Å². The maximum Gasteiger partial charge on any atom is 0.279 e. The fourth-order valence-corrected chi connectivity index (χ4v) is 1.05. The van der Waals surface area contributed by atoms with Crippen LogP contribution in [-0.4, -0.2) is 4.98 Å². The van der Waals surface area contributed by atoms with Gasteiger partial charge in [-0.25, -0.2) is 8.78 Å². The van der Waals surface area contributed by atoms with Gasteiger partial charge in [0.15, 0.2) is 5.43 Å². The molecule has 0 saturated carbocycles. The predicted molar refractivity (Wildman–Crippen MR) is 39.7 cm³/mol. The van der Waals surface area contributed by atoms with E-state index in [1.165, 1.54) is 12.3 Å². The van der Waals surface area contributed by atoms with Gasteiger partial charge in [0.05, 0.1) is 4.47 Å². The third kappa shape index (κ3) is 1.65. The summed E-state index contributed by atoms with van der Waals surface area (Å²) in [7, 11) is 0. The average Bonchev–Trinajstić information content (AvgIpc) is 1.94. The van der Waals surface area contributed by atoms with Gasteiger partial charge in [-0.05, 0) is 15.9 Å². The molecule has 0 amide bonds. The van der Waals surface area contributed by atoms with Crippen LogP contribution in [0.1, 0.15) is 12.1 Å². The molecule has 0 fully saturated rings. The topological polar surface area (TPSA) is 32.9 Å². The van der Waals surface area contributed by atoms with Gasteiger partial charge in [-0.1, -0.05) is 0 Å². The molecule has 11 heavy (non-hydrogen) atoms. The molecule has 0 saturated heterocycles. The molecule has 0 unspecified atom stereocenters. The van der Waals surface area contributed by atoms with E-state index >= 15 is 0 Å². The molecule has 5 heteroatoms. The zero-order chi connectivity index (χ0) is 8.43. The minimum absolute atomic E-state index is 0.102. The second-order valence-corrected chi connectivity index (χ2v) is 2.66. The number of halogens is 3. The van der Waals surface area contributed by atoms with Gasteiger partial charge in [-0.3, -0.25) is 4.79 Å². The van der Waals surface area contributed by atoms with Crippen LogP contribution < -0.4 is 5.43 Å². The van der Waals surface area contributed by atoms with Crippen molar-refractivity contribution < 1.29 is 8.78 Å². The summed E-state index contributed by atoms with van der Waals surface area (Å²) in [4.78, 5) is 13.0. The Balaban J connectivity index is 3.28. The second-order valence-electron chi connectivity index (χ2n) is 1.87. The monoisotopic (exact) mass is 223 g/mol. The number of aromatic amines is 1. The Labute approximate surface area is 69.4 Å². The van der Waals surface area contributed by atoms with Crippen LogP contribution in [0.2, 0.25) is 0 Å². The molecule has 2 nitrogen and oxygen atoms in total. The van der Waals surface area contributed by atoms with Crippen LogP contribution in [0.5, 0.6) is 0 Å². The van der Waals surface area contributed by atoms with Crippen molar-refractivity contribution in [1.82, 2.24) is 4.98 Å². The van der Waals surface area contributed by atoms with Gasteiger partial charge in [-0.2, -0.15) is 0 Å². The molecule has 1 aromatic heterocycles. The molecule has 0 spiro atoms. The van der Waals surface area contributed by atoms with Crippen molar-refractivity contribution >= 4 is 15.9 Å². The Bertz CT molecular complexity index is 310. The minimum Gasteiger partial charge on any atom is -0.359 e. The number of H-pyrrole nitrogens is 1. The van der Waals surface area contributed by atoms with Crippen molar-refractivity contribution in [3.05, 3.63) is 32.7 Å². The largest absolute Gasteiger partial charge is 0.359 e. The first-order valence-electron chi connectivity index (χ1n) is 2.78. The van der Waals surface area contributed by atoms with E-state index in [-0.39, 0.29) is 10.2 Å². The van der Waals surface area contributed by atoms with Crippen LogP contribution >= 0.6 is 15.9 Å². The molecule has 0 bridgehead atoms. The first kappa shape index (κ1) is 8.39. The quantitative estimate of drug-likeness (QED) is 0.778. The summed E-state index contributed by atoms with van der Waals surface area (Å²) in [6, 6.07) is 1.18. The highest BCUT2D eigenvalue weighted by molar-refractivity contribution is 9.10. The highest BCUT2D eigenvalue weighted by Crippen LogP contribution is 2.21. The fourth-order valence-electron chi connectivity index (χ4n) is 0.635. The molecule has 60 valence electrons. The Morgan fingerprint density at radius 3 is 2.64 bits per heavy atom. The molecule has 1 rings (SSSR count). The highest BCUT2D eigenvalue weighted by Gasteiger charge is 2.12. The van der Waals surface area contributed by atoms with E-state index < -0.39 is 11.9 Å². The molecular weight excluding hydrogens is 220 g/mol. The molecule has 1 aromatic rings. The number of rotatable bonds is 1. The van der Waals surface area contributed by atoms with E-state index in [1.54, 1.807) is 0 Å². The van der Waals surface area contributed by atoms with Crippen LogP contribution in [0, 0.1) is 0 Å². The summed E-state index contributed by atoms with van der Waals surface area (Å²) in [5.41, 5.74) is -0.823. The minimum atomic E-state index is -2.65. The molecule has 0 aliphatic rings. The first-order valence-corrected chi connectivity index (χ1v) is 3.57. The number of pyridine rings is 1. The zero-order valence-corrected chi connectivity index (χ0v) is 6.86. The Morgan fingerprint density at radius 2 is 2.18 bits per heavy atom. The first-order chi connectivity index (χ1) is 5.13. The van der Waals surface area contributed by atoms with Crippen LogP contribution in [-0.2, 0) is 0 Å². The van der Waals surface area contributed by atoms with Crippen LogP contribution in [0.3, 0.4) is 0 Å². The van der Waals surface area contributed by atoms with Gasteiger partial charge >= 0.3 is 0 Å². The predicted octanol–water partition coefficient (Wildman–Crippen LogP) is 2.08.